The van der Waals surface area contributed by atoms with E-state index >= 15 is 0 Å². The molecule has 0 aromatic rings. The summed E-state index contributed by atoms with van der Waals surface area (Å²) in [6.45, 7) is 0. The summed E-state index contributed by atoms with van der Waals surface area (Å²) >= 11 is 0. The van der Waals surface area contributed by atoms with E-state index in [2.05, 4.69) is 5.32 Å². The van der Waals surface area contributed by atoms with Crippen molar-refractivity contribution >= 4 is 19.5 Å². The maximum absolute atomic E-state index is 12.0. The van der Waals surface area contributed by atoms with Crippen molar-refractivity contribution < 1.29 is 28.3 Å². The van der Waals surface area contributed by atoms with E-state index in [0.29, 0.717) is 25.7 Å². The van der Waals surface area contributed by atoms with Gasteiger partial charge in [-0.05, 0) is 25.7 Å². The number of nitrogens with one attached hydrogen (secondary N) is 1. The molecule has 2 N–H and O–H groups in total. The standard InChI is InChI=1S/C11H20NO6P/c1-17-19(16,18-2)7-10(13)8-3-5-9(6-4-8)12-11(14)15/h8-9,12H,3-7H2,1-2H3,(H,14,15). The quantitative estimate of drug-likeness (QED) is 0.725. The average molecular weight is 293 g/mol. The van der Waals surface area contributed by atoms with Gasteiger partial charge in [-0.25, -0.2) is 4.79 Å². The van der Waals surface area contributed by atoms with Crippen molar-refractivity contribution in [2.75, 3.05) is 20.4 Å². The van der Waals surface area contributed by atoms with Gasteiger partial charge in [-0.3, -0.25) is 9.36 Å². The summed E-state index contributed by atoms with van der Waals surface area (Å²) in [5.41, 5.74) is 0. The third-order valence-electron chi connectivity index (χ3n) is 3.42. The molecule has 0 heterocycles. The Morgan fingerprint density at radius 3 is 2.16 bits per heavy atom. The number of ketones is 1. The molecule has 0 saturated heterocycles. The summed E-state index contributed by atoms with van der Waals surface area (Å²) in [6.07, 6.45) is 1.16. The summed E-state index contributed by atoms with van der Waals surface area (Å²) in [5, 5.41) is 11.0. The zero-order valence-corrected chi connectivity index (χ0v) is 12.0. The number of hydrogen-bond donors (Lipinski definition) is 2. The number of carbonyl (C=O) groups excluding carboxylic acids is 1. The molecule has 8 heteroatoms. The second kappa shape index (κ2) is 7.03. The van der Waals surface area contributed by atoms with Crippen molar-refractivity contribution in [1.29, 1.82) is 0 Å². The number of amides is 1. The molecule has 0 unspecified atom stereocenters. The number of carboxylic acid groups (broad SMARTS) is 1. The molecule has 1 saturated carbocycles. The largest absolute Gasteiger partial charge is 0.465 e. The van der Waals surface area contributed by atoms with Crippen LogP contribution in [-0.4, -0.2) is 43.4 Å². The third-order valence-corrected chi connectivity index (χ3v) is 5.23. The minimum absolute atomic E-state index is 0.0989. The lowest BCUT2D eigenvalue weighted by Crippen LogP contribution is -2.38. The van der Waals surface area contributed by atoms with Crippen LogP contribution >= 0.6 is 7.60 Å². The Morgan fingerprint density at radius 1 is 1.21 bits per heavy atom. The lowest BCUT2D eigenvalue weighted by molar-refractivity contribution is -0.121. The summed E-state index contributed by atoms with van der Waals surface area (Å²) < 4.78 is 21.3. The van der Waals surface area contributed by atoms with Crippen LogP contribution in [0, 0.1) is 5.92 Å². The van der Waals surface area contributed by atoms with Crippen LogP contribution in [0.15, 0.2) is 0 Å². The highest BCUT2D eigenvalue weighted by molar-refractivity contribution is 7.54. The van der Waals surface area contributed by atoms with E-state index in [1.165, 1.54) is 14.2 Å². The predicted octanol–water partition coefficient (Wildman–Crippen LogP) is 1.87. The van der Waals surface area contributed by atoms with Gasteiger partial charge in [-0.2, -0.15) is 0 Å². The molecular weight excluding hydrogens is 273 g/mol. The minimum atomic E-state index is -3.30. The second-order valence-electron chi connectivity index (χ2n) is 4.60. The molecular formula is C11H20NO6P. The molecule has 1 rings (SSSR count). The molecule has 19 heavy (non-hydrogen) atoms. The number of Topliss-reactive ketones (excluding diaryl/α,β-unsaturated/α-hetero) is 1. The van der Waals surface area contributed by atoms with Gasteiger partial charge in [0.25, 0.3) is 0 Å². The molecule has 0 aromatic heterocycles. The van der Waals surface area contributed by atoms with Crippen LogP contribution in [0.4, 0.5) is 4.79 Å². The Kier molecular flexibility index (Phi) is 5.97. The van der Waals surface area contributed by atoms with Gasteiger partial charge in [0, 0.05) is 26.2 Å². The molecule has 0 spiro atoms. The molecule has 1 fully saturated rings. The number of carbonyl (C=O) groups is 2. The first-order valence-corrected chi connectivity index (χ1v) is 7.85. The highest BCUT2D eigenvalue weighted by Crippen LogP contribution is 2.47. The maximum Gasteiger partial charge on any atom is 0.404 e. The fourth-order valence-corrected chi connectivity index (χ4v) is 3.31. The first-order chi connectivity index (χ1) is 8.90. The Balaban J connectivity index is 2.45. The Morgan fingerprint density at radius 2 is 1.74 bits per heavy atom. The van der Waals surface area contributed by atoms with E-state index in [9.17, 15) is 14.2 Å². The number of hydrogen-bond acceptors (Lipinski definition) is 5. The molecule has 1 aliphatic rings. The van der Waals surface area contributed by atoms with E-state index < -0.39 is 13.7 Å². The van der Waals surface area contributed by atoms with Crippen molar-refractivity contribution in [3.8, 4) is 0 Å². The monoisotopic (exact) mass is 293 g/mol. The molecule has 7 nitrogen and oxygen atoms in total. The third kappa shape index (κ3) is 4.93. The van der Waals surface area contributed by atoms with Crippen molar-refractivity contribution in [2.45, 2.75) is 31.7 Å². The molecule has 0 radical (unpaired) electrons. The summed E-state index contributed by atoms with van der Waals surface area (Å²) in [5.74, 6) is -0.328. The molecule has 0 aliphatic heterocycles. The van der Waals surface area contributed by atoms with Crippen LogP contribution in [0.5, 0.6) is 0 Å². The van der Waals surface area contributed by atoms with Crippen LogP contribution in [0.3, 0.4) is 0 Å². The van der Waals surface area contributed by atoms with Gasteiger partial charge < -0.3 is 19.5 Å². The molecule has 0 aromatic carbocycles. The minimum Gasteiger partial charge on any atom is -0.465 e. The summed E-state index contributed by atoms with van der Waals surface area (Å²) in [6, 6.07) is -0.0989. The van der Waals surface area contributed by atoms with Gasteiger partial charge in [0.1, 0.15) is 11.9 Å². The predicted molar refractivity (Wildman–Crippen MR) is 68.4 cm³/mol. The number of rotatable bonds is 6. The lowest BCUT2D eigenvalue weighted by Gasteiger charge is -2.28. The highest BCUT2D eigenvalue weighted by atomic mass is 31.2. The molecule has 110 valence electrons. The van der Waals surface area contributed by atoms with Crippen LogP contribution in [0.1, 0.15) is 25.7 Å². The maximum atomic E-state index is 12.0. The van der Waals surface area contributed by atoms with Gasteiger partial charge in [0.05, 0.1) is 0 Å². The first-order valence-electron chi connectivity index (χ1n) is 6.13. The van der Waals surface area contributed by atoms with E-state index in [-0.39, 0.29) is 23.9 Å². The molecule has 1 amide bonds. The van der Waals surface area contributed by atoms with Crippen molar-refractivity contribution in [1.82, 2.24) is 5.32 Å². The van der Waals surface area contributed by atoms with Gasteiger partial charge in [-0.1, -0.05) is 0 Å². The zero-order chi connectivity index (χ0) is 14.5. The van der Waals surface area contributed by atoms with Crippen molar-refractivity contribution in [3.05, 3.63) is 0 Å². The summed E-state index contributed by atoms with van der Waals surface area (Å²) in [7, 11) is -0.791. The van der Waals surface area contributed by atoms with Gasteiger partial charge in [0.15, 0.2) is 0 Å². The topological polar surface area (TPSA) is 102 Å². The van der Waals surface area contributed by atoms with E-state index in [0.717, 1.165) is 0 Å². The lowest BCUT2D eigenvalue weighted by atomic mass is 9.84. The second-order valence-corrected chi connectivity index (χ2v) is 6.87. The SMILES string of the molecule is COP(=O)(CC(=O)C1CCC(NC(=O)O)CC1)OC. The highest BCUT2D eigenvalue weighted by Gasteiger charge is 2.32. The summed E-state index contributed by atoms with van der Waals surface area (Å²) in [4.78, 5) is 22.5. The Labute approximate surface area is 112 Å². The first kappa shape index (κ1) is 16.1. The smallest absolute Gasteiger partial charge is 0.404 e. The van der Waals surface area contributed by atoms with Gasteiger partial charge in [-0.15, -0.1) is 0 Å². The fraction of sp³-hybridized carbons (Fsp3) is 0.818. The molecule has 0 bridgehead atoms. The molecule has 1 aliphatic carbocycles. The fourth-order valence-electron chi connectivity index (χ4n) is 2.26. The Bertz CT molecular complexity index is 369. The van der Waals surface area contributed by atoms with Crippen LogP contribution < -0.4 is 5.32 Å². The normalized spacial score (nSPS) is 23.9. The average Bonchev–Trinajstić information content (AvgIpc) is 2.38. The van der Waals surface area contributed by atoms with Crippen molar-refractivity contribution in [3.63, 3.8) is 0 Å². The van der Waals surface area contributed by atoms with Crippen molar-refractivity contribution in [2.24, 2.45) is 5.92 Å². The van der Waals surface area contributed by atoms with Crippen LogP contribution in [0.25, 0.3) is 0 Å². The van der Waals surface area contributed by atoms with Crippen LogP contribution in [-0.2, 0) is 18.4 Å². The Hall–Kier alpha value is -0.910. The van der Waals surface area contributed by atoms with E-state index in [1.54, 1.807) is 0 Å². The van der Waals surface area contributed by atoms with Crippen LogP contribution in [0.2, 0.25) is 0 Å². The molecule has 0 atom stereocenters. The van der Waals surface area contributed by atoms with E-state index in [1.807, 2.05) is 0 Å². The van der Waals surface area contributed by atoms with Gasteiger partial charge >= 0.3 is 13.7 Å². The van der Waals surface area contributed by atoms with E-state index in [4.69, 9.17) is 14.2 Å². The van der Waals surface area contributed by atoms with Gasteiger partial charge in [0.2, 0.25) is 0 Å². The zero-order valence-electron chi connectivity index (χ0n) is 11.1.